The first-order valence-electron chi connectivity index (χ1n) is 6.03. The van der Waals surface area contributed by atoms with Crippen LogP contribution in [0.5, 0.6) is 5.75 Å². The maximum atomic E-state index is 11.4. The molecule has 0 saturated carbocycles. The van der Waals surface area contributed by atoms with Crippen molar-refractivity contribution in [1.29, 1.82) is 0 Å². The quantitative estimate of drug-likeness (QED) is 0.732. The number of carbonyl (C=O) groups excluding carboxylic acids is 2. The zero-order valence-electron chi connectivity index (χ0n) is 11.1. The zero-order valence-corrected chi connectivity index (χ0v) is 11.1. The van der Waals surface area contributed by atoms with Crippen LogP contribution in [0, 0.1) is 0 Å². The molecule has 6 nitrogen and oxygen atoms in total. The number of nitrogens with one attached hydrogen (secondary N) is 2. The Morgan fingerprint density at radius 1 is 1.26 bits per heavy atom. The summed E-state index contributed by atoms with van der Waals surface area (Å²) in [5.74, 6) is 0.0534. The van der Waals surface area contributed by atoms with E-state index in [2.05, 4.69) is 10.6 Å². The van der Waals surface area contributed by atoms with Crippen LogP contribution in [-0.2, 0) is 11.3 Å². The Morgan fingerprint density at radius 3 is 2.42 bits per heavy atom. The maximum Gasteiger partial charge on any atom is 0.321 e. The molecule has 0 aromatic heterocycles. The molecule has 0 heterocycles. The van der Waals surface area contributed by atoms with E-state index in [1.54, 1.807) is 26.0 Å². The highest BCUT2D eigenvalue weighted by Crippen LogP contribution is 2.11. The average Bonchev–Trinajstić information content (AvgIpc) is 2.36. The molecule has 3 amide bonds. The maximum absolute atomic E-state index is 11.4. The molecule has 0 fully saturated rings. The topological polar surface area (TPSA) is 93.5 Å². The van der Waals surface area contributed by atoms with E-state index in [9.17, 15) is 9.59 Å². The van der Waals surface area contributed by atoms with Gasteiger partial charge in [-0.05, 0) is 31.5 Å². The number of ether oxygens (including phenoxy) is 1. The number of nitrogens with two attached hydrogens (primary N) is 1. The summed E-state index contributed by atoms with van der Waals surface area (Å²) in [6.07, 6.45) is 0. The molecule has 1 aromatic carbocycles. The third-order valence-corrected chi connectivity index (χ3v) is 2.20. The van der Waals surface area contributed by atoms with Gasteiger partial charge in [-0.25, -0.2) is 4.79 Å². The van der Waals surface area contributed by atoms with Gasteiger partial charge in [0.25, 0.3) is 5.91 Å². The van der Waals surface area contributed by atoms with Crippen LogP contribution >= 0.6 is 0 Å². The average molecular weight is 265 g/mol. The Hall–Kier alpha value is -2.08. The first-order valence-corrected chi connectivity index (χ1v) is 6.03. The number of rotatable bonds is 5. The monoisotopic (exact) mass is 265 g/mol. The van der Waals surface area contributed by atoms with Crippen LogP contribution in [0.4, 0.5) is 4.79 Å². The minimum Gasteiger partial charge on any atom is -0.484 e. The lowest BCUT2D eigenvalue weighted by molar-refractivity contribution is -0.122. The molecule has 0 saturated heterocycles. The number of urea groups is 1. The normalized spacial score (nSPS) is 10.1. The number of hydrogen-bond donors (Lipinski definition) is 3. The van der Waals surface area contributed by atoms with Crippen molar-refractivity contribution in [3.8, 4) is 5.75 Å². The van der Waals surface area contributed by atoms with Gasteiger partial charge in [-0.3, -0.25) is 10.1 Å². The second-order valence-electron chi connectivity index (χ2n) is 4.31. The van der Waals surface area contributed by atoms with Crippen molar-refractivity contribution in [2.45, 2.75) is 26.4 Å². The van der Waals surface area contributed by atoms with E-state index in [0.29, 0.717) is 12.3 Å². The SMILES string of the molecule is CC(C)NC(=O)NC(=O)COc1ccc(CN)cc1. The van der Waals surface area contributed by atoms with E-state index in [-0.39, 0.29) is 12.6 Å². The molecular formula is C13H19N3O3. The lowest BCUT2D eigenvalue weighted by Gasteiger charge is -2.10. The Morgan fingerprint density at radius 2 is 1.89 bits per heavy atom. The molecule has 4 N–H and O–H groups in total. The number of carbonyl (C=O) groups is 2. The second-order valence-corrected chi connectivity index (χ2v) is 4.31. The highest BCUT2D eigenvalue weighted by molar-refractivity contribution is 5.95. The van der Waals surface area contributed by atoms with Crippen molar-refractivity contribution < 1.29 is 14.3 Å². The number of hydrogen-bond acceptors (Lipinski definition) is 4. The number of imide groups is 1. The molecule has 104 valence electrons. The third-order valence-electron chi connectivity index (χ3n) is 2.20. The van der Waals surface area contributed by atoms with Crippen molar-refractivity contribution in [1.82, 2.24) is 10.6 Å². The van der Waals surface area contributed by atoms with Crippen molar-refractivity contribution in [2.75, 3.05) is 6.61 Å². The van der Waals surface area contributed by atoms with Crippen LogP contribution in [-0.4, -0.2) is 24.6 Å². The number of amides is 3. The molecular weight excluding hydrogens is 246 g/mol. The summed E-state index contributed by atoms with van der Waals surface area (Å²) >= 11 is 0. The highest BCUT2D eigenvalue weighted by Gasteiger charge is 2.08. The van der Waals surface area contributed by atoms with Gasteiger partial charge in [0, 0.05) is 12.6 Å². The van der Waals surface area contributed by atoms with Gasteiger partial charge in [-0.1, -0.05) is 12.1 Å². The van der Waals surface area contributed by atoms with E-state index in [1.807, 2.05) is 12.1 Å². The lowest BCUT2D eigenvalue weighted by atomic mass is 10.2. The summed E-state index contributed by atoms with van der Waals surface area (Å²) in [4.78, 5) is 22.7. The predicted molar refractivity (Wildman–Crippen MR) is 71.6 cm³/mol. The van der Waals surface area contributed by atoms with Gasteiger partial charge >= 0.3 is 6.03 Å². The van der Waals surface area contributed by atoms with Crippen LogP contribution in [0.25, 0.3) is 0 Å². The molecule has 1 aromatic rings. The Balaban J connectivity index is 2.35. The molecule has 0 bridgehead atoms. The summed E-state index contributed by atoms with van der Waals surface area (Å²) in [5.41, 5.74) is 6.45. The minimum atomic E-state index is -0.526. The van der Waals surface area contributed by atoms with Crippen molar-refractivity contribution >= 4 is 11.9 Å². The summed E-state index contributed by atoms with van der Waals surface area (Å²) in [6.45, 7) is 3.85. The predicted octanol–water partition coefficient (Wildman–Crippen LogP) is 0.758. The van der Waals surface area contributed by atoms with E-state index >= 15 is 0 Å². The fraction of sp³-hybridized carbons (Fsp3) is 0.385. The van der Waals surface area contributed by atoms with Crippen molar-refractivity contribution in [3.05, 3.63) is 29.8 Å². The van der Waals surface area contributed by atoms with E-state index in [1.165, 1.54) is 0 Å². The summed E-state index contributed by atoms with van der Waals surface area (Å²) < 4.78 is 5.24. The molecule has 0 spiro atoms. The van der Waals surface area contributed by atoms with Crippen LogP contribution in [0.1, 0.15) is 19.4 Å². The molecule has 0 aliphatic carbocycles. The Kier molecular flexibility index (Phi) is 5.81. The van der Waals surface area contributed by atoms with Gasteiger partial charge in [-0.15, -0.1) is 0 Å². The van der Waals surface area contributed by atoms with Crippen LogP contribution in [0.3, 0.4) is 0 Å². The molecule has 0 radical (unpaired) electrons. The van der Waals surface area contributed by atoms with Gasteiger partial charge in [0.15, 0.2) is 6.61 Å². The largest absolute Gasteiger partial charge is 0.484 e. The molecule has 0 atom stereocenters. The van der Waals surface area contributed by atoms with Crippen LogP contribution < -0.4 is 21.1 Å². The van der Waals surface area contributed by atoms with Gasteiger partial charge in [-0.2, -0.15) is 0 Å². The van der Waals surface area contributed by atoms with Gasteiger partial charge < -0.3 is 15.8 Å². The standard InChI is InChI=1S/C13H19N3O3/c1-9(2)15-13(18)16-12(17)8-19-11-5-3-10(7-14)4-6-11/h3-6,9H,7-8,14H2,1-2H3,(H2,15,16,17,18). The summed E-state index contributed by atoms with van der Waals surface area (Å²) in [7, 11) is 0. The Labute approximate surface area is 112 Å². The fourth-order valence-electron chi connectivity index (χ4n) is 1.33. The summed E-state index contributed by atoms with van der Waals surface area (Å²) in [5, 5.41) is 4.72. The first kappa shape index (κ1) is 15.0. The Bertz CT molecular complexity index is 429. The number of benzene rings is 1. The fourth-order valence-corrected chi connectivity index (χ4v) is 1.33. The minimum absolute atomic E-state index is 0.0301. The smallest absolute Gasteiger partial charge is 0.321 e. The van der Waals surface area contributed by atoms with Gasteiger partial charge in [0.05, 0.1) is 0 Å². The molecule has 19 heavy (non-hydrogen) atoms. The van der Waals surface area contributed by atoms with E-state index in [0.717, 1.165) is 5.56 Å². The molecule has 0 unspecified atom stereocenters. The van der Waals surface area contributed by atoms with Gasteiger partial charge in [0.1, 0.15) is 5.75 Å². The van der Waals surface area contributed by atoms with Crippen molar-refractivity contribution in [2.24, 2.45) is 5.73 Å². The van der Waals surface area contributed by atoms with E-state index in [4.69, 9.17) is 10.5 Å². The van der Waals surface area contributed by atoms with Crippen molar-refractivity contribution in [3.63, 3.8) is 0 Å². The summed E-state index contributed by atoms with van der Waals surface area (Å²) in [6, 6.07) is 6.53. The first-order chi connectivity index (χ1) is 9.01. The third kappa shape index (κ3) is 5.87. The van der Waals surface area contributed by atoms with Gasteiger partial charge in [0.2, 0.25) is 0 Å². The second kappa shape index (κ2) is 7.38. The molecule has 0 aliphatic heterocycles. The molecule has 0 aliphatic rings. The molecule has 6 heteroatoms. The van der Waals surface area contributed by atoms with Crippen LogP contribution in [0.15, 0.2) is 24.3 Å². The van der Waals surface area contributed by atoms with Crippen LogP contribution in [0.2, 0.25) is 0 Å². The van der Waals surface area contributed by atoms with E-state index < -0.39 is 11.9 Å². The lowest BCUT2D eigenvalue weighted by Crippen LogP contribution is -2.44. The molecule has 1 rings (SSSR count). The zero-order chi connectivity index (χ0) is 14.3. The highest BCUT2D eigenvalue weighted by atomic mass is 16.5.